The number of H-pyrrole nitrogens is 1. The zero-order chi connectivity index (χ0) is 19.7. The van der Waals surface area contributed by atoms with Crippen LogP contribution in [0, 0.1) is 0 Å². The van der Waals surface area contributed by atoms with Crippen LogP contribution in [0.2, 0.25) is 10.0 Å². The summed E-state index contributed by atoms with van der Waals surface area (Å²) in [7, 11) is 0. The lowest BCUT2D eigenvalue weighted by Gasteiger charge is -2.23. The van der Waals surface area contributed by atoms with Crippen molar-refractivity contribution in [1.82, 2.24) is 20.2 Å². The number of aromatic amines is 1. The fourth-order valence-corrected chi connectivity index (χ4v) is 3.96. The Balaban J connectivity index is 1.43. The van der Waals surface area contributed by atoms with Gasteiger partial charge in [-0.15, -0.1) is 0 Å². The minimum absolute atomic E-state index is 0.143. The molecule has 0 saturated carbocycles. The number of hydrogen-bond acceptors (Lipinski definition) is 4. The quantitative estimate of drug-likeness (QED) is 0.594. The first kappa shape index (κ1) is 19.2. The number of imidazole rings is 1. The number of hydrogen-bond donors (Lipinski definition) is 3. The minimum Gasteiger partial charge on any atom is -0.392 e. The third-order valence-corrected chi connectivity index (χ3v) is 5.54. The van der Waals surface area contributed by atoms with Gasteiger partial charge in [-0.1, -0.05) is 35.3 Å². The molecule has 1 fully saturated rings. The second-order valence-electron chi connectivity index (χ2n) is 6.99. The first-order chi connectivity index (χ1) is 13.5. The lowest BCUT2D eigenvalue weighted by atomic mass is 10.1. The lowest BCUT2D eigenvalue weighted by Crippen LogP contribution is -2.42. The fraction of sp³-hybridized carbons (Fsp3) is 0.300. The number of aliphatic hydroxyl groups is 1. The molecule has 6 nitrogen and oxygen atoms in total. The molecule has 2 atom stereocenters. The molecule has 0 aliphatic carbocycles. The maximum absolute atomic E-state index is 12.8. The molecule has 146 valence electrons. The normalized spacial score (nSPS) is 20.0. The molecule has 2 aromatic carbocycles. The molecule has 3 N–H and O–H groups in total. The summed E-state index contributed by atoms with van der Waals surface area (Å²) in [6.07, 6.45) is -0.177. The van der Waals surface area contributed by atoms with Gasteiger partial charge in [0.2, 0.25) is 5.91 Å². The average molecular weight is 419 g/mol. The molecule has 28 heavy (non-hydrogen) atoms. The molecule has 1 aromatic heterocycles. The molecule has 4 rings (SSSR count). The lowest BCUT2D eigenvalue weighted by molar-refractivity contribution is -0.125. The number of para-hydroxylation sites is 2. The molecule has 8 heteroatoms. The summed E-state index contributed by atoms with van der Waals surface area (Å²) in [6.45, 7) is 1.15. The van der Waals surface area contributed by atoms with Gasteiger partial charge in [0.15, 0.2) is 0 Å². The maximum Gasteiger partial charge on any atom is 0.237 e. The summed E-state index contributed by atoms with van der Waals surface area (Å²) in [5, 5.41) is 14.2. The van der Waals surface area contributed by atoms with Crippen LogP contribution in [0.25, 0.3) is 11.0 Å². The van der Waals surface area contributed by atoms with E-state index in [-0.39, 0.29) is 5.91 Å². The summed E-state index contributed by atoms with van der Waals surface area (Å²) in [6, 6.07) is 12.5. The Morgan fingerprint density at radius 3 is 2.93 bits per heavy atom. The number of aliphatic hydroxyl groups excluding tert-OH is 1. The van der Waals surface area contributed by atoms with E-state index >= 15 is 0 Å². The van der Waals surface area contributed by atoms with Crippen molar-refractivity contribution in [2.45, 2.75) is 31.7 Å². The van der Waals surface area contributed by atoms with Crippen LogP contribution in [-0.2, 0) is 17.9 Å². The highest BCUT2D eigenvalue weighted by molar-refractivity contribution is 6.33. The Morgan fingerprint density at radius 2 is 2.11 bits per heavy atom. The number of nitrogens with one attached hydrogen (secondary N) is 2. The van der Waals surface area contributed by atoms with E-state index in [9.17, 15) is 9.90 Å². The number of halogens is 2. The van der Waals surface area contributed by atoms with Gasteiger partial charge in [-0.2, -0.15) is 0 Å². The number of carbonyl (C=O) groups excluding carboxylic acids is 1. The van der Waals surface area contributed by atoms with Gasteiger partial charge >= 0.3 is 0 Å². The van der Waals surface area contributed by atoms with Gasteiger partial charge in [-0.05, 0) is 42.3 Å². The Kier molecular flexibility index (Phi) is 5.55. The second kappa shape index (κ2) is 8.09. The van der Waals surface area contributed by atoms with E-state index in [0.717, 1.165) is 16.6 Å². The third-order valence-electron chi connectivity index (χ3n) is 4.93. The summed E-state index contributed by atoms with van der Waals surface area (Å²) >= 11 is 12.3. The molecule has 1 amide bonds. The molecule has 0 bridgehead atoms. The smallest absolute Gasteiger partial charge is 0.237 e. The van der Waals surface area contributed by atoms with Gasteiger partial charge in [0.25, 0.3) is 0 Å². The van der Waals surface area contributed by atoms with E-state index in [0.29, 0.717) is 41.9 Å². The van der Waals surface area contributed by atoms with Crippen molar-refractivity contribution in [3.05, 3.63) is 63.9 Å². The van der Waals surface area contributed by atoms with Crippen molar-refractivity contribution in [3.63, 3.8) is 0 Å². The number of amides is 1. The standard InChI is InChI=1S/C20H20Cl2N4O2/c21-13-5-6-15(22)12(7-13)10-26-11-14(27)8-18(26)20(28)23-9-19-24-16-3-1-2-4-17(16)25-19/h1-7,14,18,27H,8-11H2,(H,23,28)(H,24,25)/t14-,18?/m1/s1. The van der Waals surface area contributed by atoms with Crippen LogP contribution in [0.15, 0.2) is 42.5 Å². The third kappa shape index (κ3) is 4.15. The first-order valence-electron chi connectivity index (χ1n) is 9.07. The largest absolute Gasteiger partial charge is 0.392 e. The van der Waals surface area contributed by atoms with E-state index < -0.39 is 12.1 Å². The molecule has 1 aliphatic rings. The Labute approximate surface area is 172 Å². The predicted molar refractivity (Wildman–Crippen MR) is 109 cm³/mol. The number of carbonyl (C=O) groups is 1. The van der Waals surface area contributed by atoms with Crippen LogP contribution in [0.1, 0.15) is 17.8 Å². The maximum atomic E-state index is 12.8. The monoisotopic (exact) mass is 418 g/mol. The summed E-state index contributed by atoms with van der Waals surface area (Å²) in [5.41, 5.74) is 2.62. The van der Waals surface area contributed by atoms with Crippen LogP contribution in [0.4, 0.5) is 0 Å². The number of likely N-dealkylation sites (tertiary alicyclic amines) is 1. The van der Waals surface area contributed by atoms with E-state index in [1.165, 1.54) is 0 Å². The van der Waals surface area contributed by atoms with Crippen molar-refractivity contribution in [3.8, 4) is 0 Å². The summed E-state index contributed by atoms with van der Waals surface area (Å²) in [5.74, 6) is 0.549. The van der Waals surface area contributed by atoms with Crippen molar-refractivity contribution in [1.29, 1.82) is 0 Å². The van der Waals surface area contributed by atoms with E-state index in [2.05, 4.69) is 15.3 Å². The van der Waals surface area contributed by atoms with Gasteiger partial charge in [-0.3, -0.25) is 9.69 Å². The van der Waals surface area contributed by atoms with Gasteiger partial charge in [-0.25, -0.2) is 4.98 Å². The highest BCUT2D eigenvalue weighted by Crippen LogP contribution is 2.26. The molecule has 0 radical (unpaired) electrons. The summed E-state index contributed by atoms with van der Waals surface area (Å²) in [4.78, 5) is 22.4. The van der Waals surface area contributed by atoms with Crippen LogP contribution >= 0.6 is 23.2 Å². The van der Waals surface area contributed by atoms with E-state index in [4.69, 9.17) is 23.2 Å². The van der Waals surface area contributed by atoms with Crippen LogP contribution < -0.4 is 5.32 Å². The topological polar surface area (TPSA) is 81.2 Å². The molecule has 3 aromatic rings. The summed E-state index contributed by atoms with van der Waals surface area (Å²) < 4.78 is 0. The van der Waals surface area contributed by atoms with Crippen molar-refractivity contribution < 1.29 is 9.90 Å². The molecule has 1 aliphatic heterocycles. The first-order valence-corrected chi connectivity index (χ1v) is 9.82. The van der Waals surface area contributed by atoms with Crippen LogP contribution in [-0.4, -0.2) is 44.6 Å². The zero-order valence-corrected chi connectivity index (χ0v) is 16.5. The van der Waals surface area contributed by atoms with E-state index in [1.807, 2.05) is 29.2 Å². The Morgan fingerprint density at radius 1 is 1.29 bits per heavy atom. The number of β-amino-alcohol motifs (C(OH)–C–C–N with tert-alkyl or cyclic N) is 1. The fourth-order valence-electron chi connectivity index (χ4n) is 3.59. The van der Waals surface area contributed by atoms with Gasteiger partial charge in [0.1, 0.15) is 5.82 Å². The number of aromatic nitrogens is 2. The van der Waals surface area contributed by atoms with Gasteiger partial charge in [0, 0.05) is 23.1 Å². The number of fused-ring (bicyclic) bond motifs is 1. The highest BCUT2D eigenvalue weighted by Gasteiger charge is 2.36. The molecule has 1 unspecified atom stereocenters. The SMILES string of the molecule is O=C(NCc1nc2ccccc2[nH]1)C1C[C@@H](O)CN1Cc1cc(Cl)ccc1Cl. The molecular weight excluding hydrogens is 399 g/mol. The van der Waals surface area contributed by atoms with Crippen molar-refractivity contribution in [2.75, 3.05) is 6.54 Å². The number of rotatable bonds is 5. The van der Waals surface area contributed by atoms with Crippen LogP contribution in [0.5, 0.6) is 0 Å². The van der Waals surface area contributed by atoms with Gasteiger partial charge in [0.05, 0.1) is 29.7 Å². The van der Waals surface area contributed by atoms with Crippen LogP contribution in [0.3, 0.4) is 0 Å². The van der Waals surface area contributed by atoms with Crippen molar-refractivity contribution in [2.24, 2.45) is 0 Å². The molecule has 2 heterocycles. The molecule has 1 saturated heterocycles. The Bertz CT molecular complexity index is 974. The van der Waals surface area contributed by atoms with E-state index in [1.54, 1.807) is 18.2 Å². The van der Waals surface area contributed by atoms with Gasteiger partial charge < -0.3 is 15.4 Å². The number of nitrogens with zero attached hydrogens (tertiary/aromatic N) is 2. The van der Waals surface area contributed by atoms with Crippen molar-refractivity contribution >= 4 is 40.1 Å². The average Bonchev–Trinajstić information content (AvgIpc) is 3.25. The Hall–Kier alpha value is -2.12. The number of benzene rings is 2. The molecular formula is C20H20Cl2N4O2. The predicted octanol–water partition coefficient (Wildman–Crippen LogP) is 3.12. The minimum atomic E-state index is -0.556. The second-order valence-corrected chi connectivity index (χ2v) is 7.83. The highest BCUT2D eigenvalue weighted by atomic mass is 35.5. The zero-order valence-electron chi connectivity index (χ0n) is 15.0. The molecule has 0 spiro atoms.